The van der Waals surface area contributed by atoms with Crippen molar-refractivity contribution in [1.29, 1.82) is 0 Å². The molecule has 0 saturated carbocycles. The number of aromatic nitrogens is 2. The first-order chi connectivity index (χ1) is 13.4. The topological polar surface area (TPSA) is 66.3 Å². The van der Waals surface area contributed by atoms with Crippen molar-refractivity contribution in [2.24, 2.45) is 0 Å². The van der Waals surface area contributed by atoms with Gasteiger partial charge in [0.25, 0.3) is 0 Å². The monoisotopic (exact) mass is 415 g/mol. The van der Waals surface area contributed by atoms with E-state index in [1.54, 1.807) is 11.3 Å². The second kappa shape index (κ2) is 7.33. The fourth-order valence-electron chi connectivity index (χ4n) is 3.94. The molecule has 5 nitrogen and oxygen atoms in total. The minimum Gasteiger partial charge on any atom is -0.480 e. The largest absolute Gasteiger partial charge is 0.480 e. The smallest absolute Gasteiger partial charge is 0.326 e. The number of hydrogen-bond donors (Lipinski definition) is 1. The summed E-state index contributed by atoms with van der Waals surface area (Å²) in [5, 5.41) is 10.7. The Kier molecular flexibility index (Phi) is 5.02. The number of halogens is 1. The van der Waals surface area contributed by atoms with Crippen LogP contribution in [-0.4, -0.2) is 33.6 Å². The highest BCUT2D eigenvalue weighted by Crippen LogP contribution is 2.43. The number of fused-ring (bicyclic) bond motifs is 1. The molecule has 1 N–H and O–H groups in total. The molecule has 1 atom stereocenters. The van der Waals surface area contributed by atoms with Crippen LogP contribution in [0.2, 0.25) is 5.28 Å². The van der Waals surface area contributed by atoms with Crippen molar-refractivity contribution < 1.29 is 9.90 Å². The van der Waals surface area contributed by atoms with Crippen molar-refractivity contribution in [3.8, 4) is 11.1 Å². The lowest BCUT2D eigenvalue weighted by Gasteiger charge is -2.23. The third-order valence-electron chi connectivity index (χ3n) is 5.36. The summed E-state index contributed by atoms with van der Waals surface area (Å²) in [4.78, 5) is 24.5. The Morgan fingerprint density at radius 3 is 2.64 bits per heavy atom. The van der Waals surface area contributed by atoms with Crippen LogP contribution < -0.4 is 4.90 Å². The van der Waals surface area contributed by atoms with Crippen molar-refractivity contribution in [1.82, 2.24) is 9.97 Å². The fourth-order valence-corrected chi connectivity index (χ4v) is 5.19. The summed E-state index contributed by atoms with van der Waals surface area (Å²) in [6.45, 7) is 7.07. The predicted octanol–water partition coefficient (Wildman–Crippen LogP) is 5.50. The van der Waals surface area contributed by atoms with Gasteiger partial charge in [0.1, 0.15) is 16.7 Å². The van der Waals surface area contributed by atoms with Crippen molar-refractivity contribution in [2.45, 2.75) is 45.6 Å². The molecule has 7 heteroatoms. The molecule has 1 aliphatic heterocycles. The summed E-state index contributed by atoms with van der Waals surface area (Å²) in [7, 11) is 0. The van der Waals surface area contributed by atoms with Crippen molar-refractivity contribution in [3.05, 3.63) is 40.0 Å². The Hall–Kier alpha value is -2.18. The molecule has 0 aliphatic carbocycles. The molecule has 2 aromatic heterocycles. The zero-order valence-corrected chi connectivity index (χ0v) is 17.6. The molecule has 0 radical (unpaired) electrons. The van der Waals surface area contributed by atoms with E-state index in [0.717, 1.165) is 32.6 Å². The van der Waals surface area contributed by atoms with Gasteiger partial charge in [-0.05, 0) is 48.4 Å². The highest BCUT2D eigenvalue weighted by atomic mass is 35.5. The van der Waals surface area contributed by atoms with E-state index in [-0.39, 0.29) is 5.28 Å². The summed E-state index contributed by atoms with van der Waals surface area (Å²) >= 11 is 7.77. The molecule has 4 rings (SSSR count). The van der Waals surface area contributed by atoms with Crippen LogP contribution in [-0.2, 0) is 4.79 Å². The molecule has 146 valence electrons. The van der Waals surface area contributed by atoms with Gasteiger partial charge in [-0.15, -0.1) is 11.3 Å². The van der Waals surface area contributed by atoms with Gasteiger partial charge in [0.05, 0.1) is 5.39 Å². The van der Waals surface area contributed by atoms with Crippen LogP contribution in [0.25, 0.3) is 21.3 Å². The molecule has 1 saturated heterocycles. The number of aliphatic carboxylic acids is 1. The number of hydrogen-bond acceptors (Lipinski definition) is 5. The lowest BCUT2D eigenvalue weighted by molar-refractivity contribution is -0.138. The lowest BCUT2D eigenvalue weighted by Crippen LogP contribution is -2.36. The number of carbonyl (C=O) groups is 1. The standard InChI is InChI=1S/C21H22ClN3O2S/c1-11(2)13-6-8-14(9-7-13)16-12(3)28-19-17(16)18(23-21(22)24-19)25-10-4-5-15(25)20(26)27/h6-9,11,15H,4-5,10H2,1-3H3,(H,26,27). The number of benzene rings is 1. The molecule has 1 unspecified atom stereocenters. The van der Waals surface area contributed by atoms with Crippen LogP contribution >= 0.6 is 22.9 Å². The third-order valence-corrected chi connectivity index (χ3v) is 6.53. The van der Waals surface area contributed by atoms with Gasteiger partial charge in [0, 0.05) is 17.0 Å². The van der Waals surface area contributed by atoms with Crippen LogP contribution in [0.5, 0.6) is 0 Å². The predicted molar refractivity (Wildman–Crippen MR) is 115 cm³/mol. The zero-order chi connectivity index (χ0) is 20.0. The van der Waals surface area contributed by atoms with Crippen molar-refractivity contribution in [2.75, 3.05) is 11.4 Å². The molecule has 28 heavy (non-hydrogen) atoms. The van der Waals surface area contributed by atoms with Gasteiger partial charge in [-0.2, -0.15) is 4.98 Å². The van der Waals surface area contributed by atoms with E-state index < -0.39 is 12.0 Å². The van der Waals surface area contributed by atoms with E-state index in [1.165, 1.54) is 5.56 Å². The molecule has 3 heterocycles. The average Bonchev–Trinajstić information content (AvgIpc) is 3.25. The lowest BCUT2D eigenvalue weighted by atomic mass is 9.97. The number of carboxylic acid groups (broad SMARTS) is 1. The Bertz CT molecular complexity index is 1050. The molecule has 1 fully saturated rings. The maximum atomic E-state index is 11.8. The number of anilines is 1. The Labute approximate surface area is 173 Å². The van der Waals surface area contributed by atoms with Gasteiger partial charge in [0.15, 0.2) is 0 Å². The summed E-state index contributed by atoms with van der Waals surface area (Å²) in [6.07, 6.45) is 1.43. The second-order valence-electron chi connectivity index (χ2n) is 7.50. The number of thiophene rings is 1. The number of nitrogens with zero attached hydrogens (tertiary/aromatic N) is 3. The number of carboxylic acids is 1. The minimum atomic E-state index is -0.824. The van der Waals surface area contributed by atoms with E-state index in [2.05, 4.69) is 55.0 Å². The maximum Gasteiger partial charge on any atom is 0.326 e. The Morgan fingerprint density at radius 2 is 2.00 bits per heavy atom. The minimum absolute atomic E-state index is 0.154. The highest BCUT2D eigenvalue weighted by molar-refractivity contribution is 7.19. The fraction of sp³-hybridized carbons (Fsp3) is 0.381. The molecule has 0 bridgehead atoms. The number of aryl methyl sites for hydroxylation is 1. The van der Waals surface area contributed by atoms with E-state index in [9.17, 15) is 9.90 Å². The van der Waals surface area contributed by atoms with Crippen LogP contribution in [0.15, 0.2) is 24.3 Å². The van der Waals surface area contributed by atoms with Crippen LogP contribution in [0.3, 0.4) is 0 Å². The maximum absolute atomic E-state index is 11.8. The summed E-state index contributed by atoms with van der Waals surface area (Å²) in [5.74, 6) is 0.273. The molecule has 1 aromatic carbocycles. The summed E-state index contributed by atoms with van der Waals surface area (Å²) in [5.41, 5.74) is 3.44. The van der Waals surface area contributed by atoms with Gasteiger partial charge in [-0.25, -0.2) is 9.78 Å². The van der Waals surface area contributed by atoms with E-state index in [0.29, 0.717) is 24.7 Å². The van der Waals surface area contributed by atoms with E-state index >= 15 is 0 Å². The SMILES string of the molecule is Cc1sc2nc(Cl)nc(N3CCCC3C(=O)O)c2c1-c1ccc(C(C)C)cc1. The third kappa shape index (κ3) is 3.25. The molecule has 0 amide bonds. The molecule has 3 aromatic rings. The highest BCUT2D eigenvalue weighted by Gasteiger charge is 2.34. The first-order valence-corrected chi connectivity index (χ1v) is 10.6. The van der Waals surface area contributed by atoms with Crippen LogP contribution in [0.1, 0.15) is 43.0 Å². The van der Waals surface area contributed by atoms with Gasteiger partial charge >= 0.3 is 5.97 Å². The Morgan fingerprint density at radius 1 is 1.29 bits per heavy atom. The van der Waals surface area contributed by atoms with Gasteiger partial charge in [-0.1, -0.05) is 38.1 Å². The van der Waals surface area contributed by atoms with Gasteiger partial charge < -0.3 is 10.0 Å². The molecule has 1 aliphatic rings. The molecular formula is C21H22ClN3O2S. The summed E-state index contributed by atoms with van der Waals surface area (Å²) < 4.78 is 0. The van der Waals surface area contributed by atoms with Crippen molar-refractivity contribution in [3.63, 3.8) is 0 Å². The Balaban J connectivity index is 1.93. The quantitative estimate of drug-likeness (QED) is 0.570. The first kappa shape index (κ1) is 19.2. The van der Waals surface area contributed by atoms with E-state index in [1.807, 2.05) is 4.90 Å². The summed E-state index contributed by atoms with van der Waals surface area (Å²) in [6, 6.07) is 7.97. The zero-order valence-electron chi connectivity index (χ0n) is 16.1. The van der Waals surface area contributed by atoms with Gasteiger partial charge in [-0.3, -0.25) is 0 Å². The average molecular weight is 416 g/mol. The van der Waals surface area contributed by atoms with Crippen LogP contribution in [0.4, 0.5) is 5.82 Å². The van der Waals surface area contributed by atoms with E-state index in [4.69, 9.17) is 11.6 Å². The normalized spacial score (nSPS) is 17.0. The van der Waals surface area contributed by atoms with Gasteiger partial charge in [0.2, 0.25) is 5.28 Å². The first-order valence-electron chi connectivity index (χ1n) is 9.43. The number of rotatable bonds is 4. The van der Waals surface area contributed by atoms with Crippen LogP contribution in [0, 0.1) is 6.92 Å². The molecular weight excluding hydrogens is 394 g/mol. The second-order valence-corrected chi connectivity index (χ2v) is 9.04. The van der Waals surface area contributed by atoms with Crippen molar-refractivity contribution >= 4 is 44.9 Å². The molecule has 0 spiro atoms.